The predicted molar refractivity (Wildman–Crippen MR) is 140 cm³/mol. The van der Waals surface area contributed by atoms with Gasteiger partial charge < -0.3 is 24.8 Å². The first-order chi connectivity index (χ1) is 16.5. The van der Waals surface area contributed by atoms with Gasteiger partial charge in [-0.05, 0) is 69.2 Å². The Labute approximate surface area is 202 Å². The third-order valence-electron chi connectivity index (χ3n) is 7.27. The number of piperidine rings is 1. The lowest BCUT2D eigenvalue weighted by molar-refractivity contribution is 0.178. The normalized spacial score (nSPS) is 20.5. The molecule has 5 rings (SSSR count). The quantitative estimate of drug-likeness (QED) is 0.543. The monoisotopic (exact) mass is 460 g/mol. The molecule has 7 heteroatoms. The molecule has 2 aliphatic rings. The molecular formula is C27H36N6O. The fourth-order valence-corrected chi connectivity index (χ4v) is 5.31. The van der Waals surface area contributed by atoms with Crippen molar-refractivity contribution in [3.8, 4) is 17.1 Å². The molecule has 1 aromatic carbocycles. The summed E-state index contributed by atoms with van der Waals surface area (Å²) in [6, 6.07) is 12.9. The molecule has 180 valence electrons. The molecule has 7 nitrogen and oxygen atoms in total. The lowest BCUT2D eigenvalue weighted by Crippen LogP contribution is -2.37. The van der Waals surface area contributed by atoms with E-state index in [1.165, 1.54) is 30.6 Å². The van der Waals surface area contributed by atoms with Crippen molar-refractivity contribution in [1.82, 2.24) is 20.2 Å². The zero-order chi connectivity index (χ0) is 23.7. The third-order valence-corrected chi connectivity index (χ3v) is 7.27. The highest BCUT2D eigenvalue weighted by molar-refractivity contribution is 5.96. The van der Waals surface area contributed by atoms with Crippen LogP contribution in [0.5, 0.6) is 5.88 Å². The number of hydrogen-bond donors (Lipinski definition) is 1. The van der Waals surface area contributed by atoms with Gasteiger partial charge in [-0.3, -0.25) is 0 Å². The third kappa shape index (κ3) is 4.68. The minimum absolute atomic E-state index is 0.598. The van der Waals surface area contributed by atoms with Gasteiger partial charge in [0.2, 0.25) is 5.88 Å². The Hall–Kier alpha value is -2.90. The minimum Gasteiger partial charge on any atom is -0.476 e. The second-order valence-corrected chi connectivity index (χ2v) is 9.94. The Morgan fingerprint density at radius 3 is 2.71 bits per heavy atom. The number of rotatable bonds is 7. The van der Waals surface area contributed by atoms with Crippen molar-refractivity contribution in [3.63, 3.8) is 0 Å². The molecular weight excluding hydrogens is 424 g/mol. The highest BCUT2D eigenvalue weighted by Crippen LogP contribution is 2.39. The average molecular weight is 461 g/mol. The van der Waals surface area contributed by atoms with E-state index in [0.29, 0.717) is 12.5 Å². The SMILES string of the molecule is CNCCOc1ccc(-c2cc(N3CC4CCN(C)CC4C3)c3ccc(N(C)C)cc3n2)cn1. The van der Waals surface area contributed by atoms with Gasteiger partial charge in [-0.25, -0.2) is 9.97 Å². The zero-order valence-corrected chi connectivity index (χ0v) is 20.8. The molecule has 3 aromatic rings. The zero-order valence-electron chi connectivity index (χ0n) is 20.8. The van der Waals surface area contributed by atoms with E-state index in [4.69, 9.17) is 9.72 Å². The molecule has 2 aliphatic heterocycles. The summed E-state index contributed by atoms with van der Waals surface area (Å²) in [5.41, 5.74) is 5.44. The number of anilines is 2. The van der Waals surface area contributed by atoms with E-state index in [9.17, 15) is 0 Å². The Kier molecular flexibility index (Phi) is 6.57. The van der Waals surface area contributed by atoms with Crippen molar-refractivity contribution in [2.75, 3.05) is 77.3 Å². The summed E-state index contributed by atoms with van der Waals surface area (Å²) in [5, 5.41) is 4.31. The number of hydrogen-bond acceptors (Lipinski definition) is 7. The summed E-state index contributed by atoms with van der Waals surface area (Å²) in [4.78, 5) is 16.8. The molecule has 0 saturated carbocycles. The summed E-state index contributed by atoms with van der Waals surface area (Å²) in [7, 11) is 8.31. The fourth-order valence-electron chi connectivity index (χ4n) is 5.31. The second-order valence-electron chi connectivity index (χ2n) is 9.94. The number of fused-ring (bicyclic) bond motifs is 2. The summed E-state index contributed by atoms with van der Waals surface area (Å²) >= 11 is 0. The maximum absolute atomic E-state index is 5.71. The molecule has 1 N–H and O–H groups in total. The van der Waals surface area contributed by atoms with E-state index >= 15 is 0 Å². The number of nitrogens with zero attached hydrogens (tertiary/aromatic N) is 5. The summed E-state index contributed by atoms with van der Waals surface area (Å²) in [6.07, 6.45) is 3.17. The van der Waals surface area contributed by atoms with Crippen molar-refractivity contribution in [2.24, 2.45) is 11.8 Å². The molecule has 2 fully saturated rings. The van der Waals surface area contributed by atoms with Crippen molar-refractivity contribution < 1.29 is 4.74 Å². The van der Waals surface area contributed by atoms with Crippen LogP contribution in [0, 0.1) is 11.8 Å². The topological polar surface area (TPSA) is 56.8 Å². The Morgan fingerprint density at radius 2 is 1.94 bits per heavy atom. The molecule has 4 heterocycles. The van der Waals surface area contributed by atoms with E-state index in [1.54, 1.807) is 0 Å². The van der Waals surface area contributed by atoms with Crippen LogP contribution in [0.15, 0.2) is 42.6 Å². The largest absolute Gasteiger partial charge is 0.476 e. The standard InChI is InChI=1S/C27H36N6O/c1-28-10-12-34-27-8-5-19(15-29-27)24-14-26(23-7-6-22(31(2)3)13-25(23)30-24)33-17-20-9-11-32(4)16-21(20)18-33/h5-8,13-15,20-21,28H,9-12,16-18H2,1-4H3. The van der Waals surface area contributed by atoms with Crippen molar-refractivity contribution in [1.29, 1.82) is 0 Å². The Bertz CT molecular complexity index is 1130. The van der Waals surface area contributed by atoms with Gasteiger partial charge in [0.25, 0.3) is 0 Å². The first kappa shape index (κ1) is 22.9. The first-order valence-electron chi connectivity index (χ1n) is 12.3. The van der Waals surface area contributed by atoms with Gasteiger partial charge >= 0.3 is 0 Å². The number of likely N-dealkylation sites (tertiary alicyclic amines) is 1. The van der Waals surface area contributed by atoms with Crippen LogP contribution < -0.4 is 19.9 Å². The maximum atomic E-state index is 5.71. The average Bonchev–Trinajstić information content (AvgIpc) is 3.26. The number of ether oxygens (including phenoxy) is 1. The number of aromatic nitrogens is 2. The number of pyridine rings is 2. The lowest BCUT2D eigenvalue weighted by Gasteiger charge is -2.31. The second kappa shape index (κ2) is 9.76. The van der Waals surface area contributed by atoms with Crippen molar-refractivity contribution in [3.05, 3.63) is 42.6 Å². The Morgan fingerprint density at radius 1 is 1.09 bits per heavy atom. The van der Waals surface area contributed by atoms with Gasteiger partial charge in [0.1, 0.15) is 6.61 Å². The van der Waals surface area contributed by atoms with Gasteiger partial charge in [0.05, 0.1) is 11.2 Å². The van der Waals surface area contributed by atoms with Crippen LogP contribution in [-0.2, 0) is 0 Å². The first-order valence-corrected chi connectivity index (χ1v) is 12.3. The number of nitrogens with one attached hydrogen (secondary N) is 1. The maximum Gasteiger partial charge on any atom is 0.213 e. The van der Waals surface area contributed by atoms with E-state index in [-0.39, 0.29) is 0 Å². The van der Waals surface area contributed by atoms with Crippen molar-refractivity contribution in [2.45, 2.75) is 6.42 Å². The van der Waals surface area contributed by atoms with Crippen LogP contribution in [0.25, 0.3) is 22.2 Å². The van der Waals surface area contributed by atoms with Crippen LogP contribution in [0.4, 0.5) is 11.4 Å². The lowest BCUT2D eigenvalue weighted by atomic mass is 9.89. The summed E-state index contributed by atoms with van der Waals surface area (Å²) in [5.74, 6) is 2.16. The number of likely N-dealkylation sites (N-methyl/N-ethyl adjacent to an activating group) is 1. The molecule has 2 aromatic heterocycles. The van der Waals surface area contributed by atoms with Crippen LogP contribution in [-0.4, -0.2) is 82.4 Å². The van der Waals surface area contributed by atoms with Gasteiger partial charge in [-0.1, -0.05) is 0 Å². The smallest absolute Gasteiger partial charge is 0.213 e. The predicted octanol–water partition coefficient (Wildman–Crippen LogP) is 3.35. The molecule has 2 unspecified atom stereocenters. The van der Waals surface area contributed by atoms with E-state index in [0.717, 1.165) is 53.9 Å². The van der Waals surface area contributed by atoms with Crippen LogP contribution in [0.3, 0.4) is 0 Å². The molecule has 0 aliphatic carbocycles. The van der Waals surface area contributed by atoms with Gasteiger partial charge in [0, 0.05) is 74.9 Å². The van der Waals surface area contributed by atoms with Crippen LogP contribution >= 0.6 is 0 Å². The van der Waals surface area contributed by atoms with E-state index < -0.39 is 0 Å². The fraction of sp³-hybridized carbons (Fsp3) is 0.481. The summed E-state index contributed by atoms with van der Waals surface area (Å²) < 4.78 is 5.71. The molecule has 0 bridgehead atoms. The molecule has 2 atom stereocenters. The van der Waals surface area contributed by atoms with Gasteiger partial charge in [0.15, 0.2) is 0 Å². The highest BCUT2D eigenvalue weighted by atomic mass is 16.5. The Balaban J connectivity index is 1.51. The molecule has 0 spiro atoms. The highest BCUT2D eigenvalue weighted by Gasteiger charge is 2.36. The van der Waals surface area contributed by atoms with Crippen LogP contribution in [0.1, 0.15) is 6.42 Å². The number of benzene rings is 1. The van der Waals surface area contributed by atoms with Crippen molar-refractivity contribution >= 4 is 22.3 Å². The minimum atomic E-state index is 0.598. The molecule has 2 saturated heterocycles. The molecule has 0 radical (unpaired) electrons. The van der Waals surface area contributed by atoms with E-state index in [1.807, 2.05) is 19.3 Å². The summed E-state index contributed by atoms with van der Waals surface area (Å²) in [6.45, 7) is 6.03. The van der Waals surface area contributed by atoms with Crippen LogP contribution in [0.2, 0.25) is 0 Å². The molecule has 34 heavy (non-hydrogen) atoms. The van der Waals surface area contributed by atoms with Gasteiger partial charge in [-0.15, -0.1) is 0 Å². The van der Waals surface area contributed by atoms with E-state index in [2.05, 4.69) is 76.5 Å². The van der Waals surface area contributed by atoms with Gasteiger partial charge in [-0.2, -0.15) is 0 Å². The molecule has 0 amide bonds.